The summed E-state index contributed by atoms with van der Waals surface area (Å²) < 4.78 is 5.35. The fourth-order valence-electron chi connectivity index (χ4n) is 2.09. The number of amides is 1. The Labute approximate surface area is 113 Å². The zero-order chi connectivity index (χ0) is 11.2. The van der Waals surface area contributed by atoms with Crippen LogP contribution in [0.5, 0.6) is 0 Å². The number of ether oxygens (including phenoxy) is 1. The average molecular weight is 281 g/mol. The highest BCUT2D eigenvalue weighted by Crippen LogP contribution is 2.12. The number of hydrogen-bond donors (Lipinski definition) is 1. The predicted molar refractivity (Wildman–Crippen MR) is 73.0 cm³/mol. The molecule has 0 aliphatic carbocycles. The lowest BCUT2D eigenvalue weighted by molar-refractivity contribution is -0.131. The van der Waals surface area contributed by atoms with Gasteiger partial charge in [-0.1, -0.05) is 0 Å². The Hall–Kier alpha value is 0.0300. The highest BCUT2D eigenvalue weighted by atomic mass is 35.5. The van der Waals surface area contributed by atoms with Gasteiger partial charge in [-0.3, -0.25) is 4.79 Å². The monoisotopic (exact) mass is 280 g/mol. The van der Waals surface area contributed by atoms with E-state index in [0.717, 1.165) is 38.4 Å². The molecule has 2 heterocycles. The van der Waals surface area contributed by atoms with Crippen LogP contribution in [-0.4, -0.2) is 61.2 Å². The van der Waals surface area contributed by atoms with Crippen LogP contribution in [-0.2, 0) is 9.53 Å². The molecule has 1 amide bonds. The molecule has 0 radical (unpaired) electrons. The van der Waals surface area contributed by atoms with Gasteiger partial charge in [0.15, 0.2) is 0 Å². The quantitative estimate of drug-likeness (QED) is 0.811. The van der Waals surface area contributed by atoms with Crippen molar-refractivity contribution in [3.05, 3.63) is 0 Å². The van der Waals surface area contributed by atoms with Gasteiger partial charge in [-0.15, -0.1) is 12.4 Å². The smallest absolute Gasteiger partial charge is 0.224 e. The number of halogens is 1. The van der Waals surface area contributed by atoms with Gasteiger partial charge >= 0.3 is 0 Å². The van der Waals surface area contributed by atoms with Gasteiger partial charge in [-0.05, 0) is 6.42 Å². The fraction of sp³-hybridized carbons (Fsp3) is 0.909. The van der Waals surface area contributed by atoms with E-state index in [0.29, 0.717) is 19.1 Å². The fourth-order valence-corrected chi connectivity index (χ4v) is 3.04. The van der Waals surface area contributed by atoms with Crippen molar-refractivity contribution in [2.75, 3.05) is 44.4 Å². The molecular formula is C11H21ClN2O2S. The van der Waals surface area contributed by atoms with Gasteiger partial charge in [0.25, 0.3) is 0 Å². The van der Waals surface area contributed by atoms with Gasteiger partial charge in [0.2, 0.25) is 5.91 Å². The summed E-state index contributed by atoms with van der Waals surface area (Å²) in [5.74, 6) is 2.52. The number of carbonyl (C=O) groups excluding carboxylic acids is 1. The van der Waals surface area contributed by atoms with E-state index in [1.165, 1.54) is 5.75 Å². The van der Waals surface area contributed by atoms with Gasteiger partial charge in [0.05, 0.1) is 6.61 Å². The molecule has 0 aromatic rings. The first-order valence-corrected chi connectivity index (χ1v) is 7.18. The maximum Gasteiger partial charge on any atom is 0.224 e. The highest BCUT2D eigenvalue weighted by molar-refractivity contribution is 7.99. The average Bonchev–Trinajstić information content (AvgIpc) is 2.59. The van der Waals surface area contributed by atoms with Crippen molar-refractivity contribution in [1.82, 2.24) is 10.2 Å². The minimum absolute atomic E-state index is 0. The zero-order valence-electron chi connectivity index (χ0n) is 10.0. The van der Waals surface area contributed by atoms with Gasteiger partial charge in [0, 0.05) is 50.2 Å². The number of hydrogen-bond acceptors (Lipinski definition) is 4. The Kier molecular flexibility index (Phi) is 7.27. The zero-order valence-corrected chi connectivity index (χ0v) is 11.7. The molecular weight excluding hydrogens is 260 g/mol. The summed E-state index contributed by atoms with van der Waals surface area (Å²) in [7, 11) is 0. The van der Waals surface area contributed by atoms with Crippen LogP contribution in [0.3, 0.4) is 0 Å². The van der Waals surface area contributed by atoms with E-state index in [1.807, 2.05) is 16.7 Å². The van der Waals surface area contributed by atoms with Gasteiger partial charge in [0.1, 0.15) is 0 Å². The second kappa shape index (κ2) is 8.19. The van der Waals surface area contributed by atoms with Crippen LogP contribution in [0.1, 0.15) is 12.8 Å². The maximum atomic E-state index is 12.0. The summed E-state index contributed by atoms with van der Waals surface area (Å²) in [6, 6.07) is 0.371. The van der Waals surface area contributed by atoms with Crippen LogP contribution in [0, 0.1) is 0 Å². The number of rotatable bonds is 2. The Balaban J connectivity index is 0.00000144. The molecule has 17 heavy (non-hydrogen) atoms. The second-order valence-electron chi connectivity index (χ2n) is 4.28. The largest absolute Gasteiger partial charge is 0.380 e. The minimum atomic E-state index is 0. The molecule has 2 aliphatic heterocycles. The third kappa shape index (κ3) is 5.04. The Morgan fingerprint density at radius 1 is 1.41 bits per heavy atom. The first-order chi connectivity index (χ1) is 7.86. The second-order valence-corrected chi connectivity index (χ2v) is 5.43. The van der Waals surface area contributed by atoms with Crippen molar-refractivity contribution in [3.8, 4) is 0 Å². The Morgan fingerprint density at radius 3 is 3.06 bits per heavy atom. The summed E-state index contributed by atoms with van der Waals surface area (Å²) >= 11 is 1.94. The lowest BCUT2D eigenvalue weighted by Gasteiger charge is -2.26. The van der Waals surface area contributed by atoms with E-state index in [1.54, 1.807) is 0 Å². The van der Waals surface area contributed by atoms with E-state index in [-0.39, 0.29) is 18.3 Å². The van der Waals surface area contributed by atoms with Crippen molar-refractivity contribution in [1.29, 1.82) is 0 Å². The summed E-state index contributed by atoms with van der Waals surface area (Å²) in [5.41, 5.74) is 0. The molecule has 1 atom stereocenters. The van der Waals surface area contributed by atoms with Gasteiger partial charge in [-0.25, -0.2) is 0 Å². The topological polar surface area (TPSA) is 41.6 Å². The molecule has 4 nitrogen and oxygen atoms in total. The summed E-state index contributed by atoms with van der Waals surface area (Å²) in [6.07, 6.45) is 1.62. The molecule has 1 N–H and O–H groups in total. The van der Waals surface area contributed by atoms with Crippen molar-refractivity contribution < 1.29 is 9.53 Å². The molecule has 6 heteroatoms. The van der Waals surface area contributed by atoms with Crippen LogP contribution < -0.4 is 5.32 Å². The molecule has 2 rings (SSSR count). The predicted octanol–water partition coefficient (Wildman–Crippen LogP) is 0.752. The standard InChI is InChI=1S/C11H20N2O2S.ClH/c14-11(8-10-9-16-7-2-12-10)13-3-1-5-15-6-4-13;/h10,12H,1-9H2;1H. The van der Waals surface area contributed by atoms with Crippen molar-refractivity contribution in [3.63, 3.8) is 0 Å². The first-order valence-electron chi connectivity index (χ1n) is 6.03. The molecule has 0 bridgehead atoms. The molecule has 0 aromatic carbocycles. The summed E-state index contributed by atoms with van der Waals surface area (Å²) in [6.45, 7) is 4.14. The lowest BCUT2D eigenvalue weighted by Crippen LogP contribution is -2.43. The molecule has 0 spiro atoms. The Morgan fingerprint density at radius 2 is 2.29 bits per heavy atom. The molecule has 2 saturated heterocycles. The van der Waals surface area contributed by atoms with E-state index in [2.05, 4.69) is 5.32 Å². The van der Waals surface area contributed by atoms with E-state index in [9.17, 15) is 4.79 Å². The maximum absolute atomic E-state index is 12.0. The van der Waals surface area contributed by atoms with Crippen LogP contribution in [0.15, 0.2) is 0 Å². The highest BCUT2D eigenvalue weighted by Gasteiger charge is 2.21. The number of nitrogens with zero attached hydrogens (tertiary/aromatic N) is 1. The third-order valence-corrected chi connectivity index (χ3v) is 4.13. The molecule has 100 valence electrons. The van der Waals surface area contributed by atoms with Gasteiger partial charge in [-0.2, -0.15) is 11.8 Å². The number of carbonyl (C=O) groups is 1. The van der Waals surface area contributed by atoms with Gasteiger partial charge < -0.3 is 15.0 Å². The molecule has 1 unspecified atom stereocenters. The lowest BCUT2D eigenvalue weighted by atomic mass is 10.2. The van der Waals surface area contributed by atoms with Crippen molar-refractivity contribution >= 4 is 30.1 Å². The van der Waals surface area contributed by atoms with E-state index in [4.69, 9.17) is 4.74 Å². The first kappa shape index (κ1) is 15.1. The molecule has 2 aliphatic rings. The summed E-state index contributed by atoms with van der Waals surface area (Å²) in [5, 5.41) is 3.41. The molecule has 0 aromatic heterocycles. The minimum Gasteiger partial charge on any atom is -0.380 e. The third-order valence-electron chi connectivity index (χ3n) is 2.99. The van der Waals surface area contributed by atoms with Crippen LogP contribution in [0.4, 0.5) is 0 Å². The van der Waals surface area contributed by atoms with E-state index >= 15 is 0 Å². The summed E-state index contributed by atoms with van der Waals surface area (Å²) in [4.78, 5) is 14.0. The number of nitrogens with one attached hydrogen (secondary N) is 1. The van der Waals surface area contributed by atoms with Crippen LogP contribution in [0.25, 0.3) is 0 Å². The Bertz CT molecular complexity index is 230. The van der Waals surface area contributed by atoms with Crippen LogP contribution in [0.2, 0.25) is 0 Å². The molecule has 0 saturated carbocycles. The van der Waals surface area contributed by atoms with Crippen LogP contribution >= 0.6 is 24.2 Å². The normalized spacial score (nSPS) is 25.9. The SMILES string of the molecule is Cl.O=C(CC1CSCCN1)N1CCCOCC1. The number of thioether (sulfide) groups is 1. The van der Waals surface area contributed by atoms with Crippen molar-refractivity contribution in [2.24, 2.45) is 0 Å². The van der Waals surface area contributed by atoms with Crippen molar-refractivity contribution in [2.45, 2.75) is 18.9 Å². The van der Waals surface area contributed by atoms with E-state index < -0.39 is 0 Å². The molecule has 2 fully saturated rings.